The summed E-state index contributed by atoms with van der Waals surface area (Å²) in [6.07, 6.45) is 3.73. The first-order chi connectivity index (χ1) is 7.70. The third kappa shape index (κ3) is 2.06. The SMILES string of the molecule is CN(C)c1ccc(-n2cnc(CN)c2)cc1. The number of hydrogen-bond acceptors (Lipinski definition) is 3. The van der Waals surface area contributed by atoms with Gasteiger partial charge in [-0.15, -0.1) is 0 Å². The van der Waals surface area contributed by atoms with Gasteiger partial charge in [0.1, 0.15) is 0 Å². The van der Waals surface area contributed by atoms with Gasteiger partial charge >= 0.3 is 0 Å². The van der Waals surface area contributed by atoms with Gasteiger partial charge in [0.25, 0.3) is 0 Å². The molecule has 84 valence electrons. The van der Waals surface area contributed by atoms with Gasteiger partial charge in [-0.1, -0.05) is 0 Å². The van der Waals surface area contributed by atoms with Gasteiger partial charge in [-0.05, 0) is 24.3 Å². The van der Waals surface area contributed by atoms with Crippen LogP contribution >= 0.6 is 0 Å². The topological polar surface area (TPSA) is 47.1 Å². The van der Waals surface area contributed by atoms with Gasteiger partial charge in [-0.2, -0.15) is 0 Å². The molecular formula is C12H16N4. The highest BCUT2D eigenvalue weighted by Gasteiger charge is 2.00. The molecule has 16 heavy (non-hydrogen) atoms. The normalized spacial score (nSPS) is 10.4. The molecular weight excluding hydrogens is 200 g/mol. The van der Waals surface area contributed by atoms with Crippen LogP contribution in [0.1, 0.15) is 5.69 Å². The molecule has 0 bridgehead atoms. The molecule has 1 aromatic heterocycles. The first-order valence-electron chi connectivity index (χ1n) is 5.21. The number of nitrogens with zero attached hydrogens (tertiary/aromatic N) is 3. The van der Waals surface area contributed by atoms with E-state index in [1.54, 1.807) is 6.33 Å². The largest absolute Gasteiger partial charge is 0.378 e. The fraction of sp³-hybridized carbons (Fsp3) is 0.250. The van der Waals surface area contributed by atoms with E-state index in [1.807, 2.05) is 24.9 Å². The molecule has 0 saturated carbocycles. The highest BCUT2D eigenvalue weighted by molar-refractivity contribution is 5.49. The highest BCUT2D eigenvalue weighted by Crippen LogP contribution is 2.15. The number of hydrogen-bond donors (Lipinski definition) is 1. The first-order valence-corrected chi connectivity index (χ1v) is 5.21. The molecule has 0 aliphatic heterocycles. The van der Waals surface area contributed by atoms with Gasteiger partial charge in [0.05, 0.1) is 12.0 Å². The van der Waals surface area contributed by atoms with Crippen LogP contribution in [-0.2, 0) is 6.54 Å². The minimum absolute atomic E-state index is 0.475. The van der Waals surface area contributed by atoms with Gasteiger partial charge in [-0.3, -0.25) is 0 Å². The van der Waals surface area contributed by atoms with E-state index < -0.39 is 0 Å². The summed E-state index contributed by atoms with van der Waals surface area (Å²) < 4.78 is 1.97. The van der Waals surface area contributed by atoms with Crippen molar-refractivity contribution in [3.8, 4) is 5.69 Å². The van der Waals surface area contributed by atoms with Crippen LogP contribution in [-0.4, -0.2) is 23.6 Å². The maximum absolute atomic E-state index is 5.52. The van der Waals surface area contributed by atoms with E-state index in [4.69, 9.17) is 5.73 Å². The molecule has 4 nitrogen and oxygen atoms in total. The minimum Gasteiger partial charge on any atom is -0.378 e. The Balaban J connectivity index is 2.27. The smallest absolute Gasteiger partial charge is 0.0995 e. The van der Waals surface area contributed by atoms with Crippen LogP contribution in [0.2, 0.25) is 0 Å². The molecule has 4 heteroatoms. The molecule has 0 fully saturated rings. The van der Waals surface area contributed by atoms with E-state index in [9.17, 15) is 0 Å². The predicted molar refractivity (Wildman–Crippen MR) is 65.8 cm³/mol. The lowest BCUT2D eigenvalue weighted by Crippen LogP contribution is -2.08. The Morgan fingerprint density at radius 1 is 1.25 bits per heavy atom. The van der Waals surface area contributed by atoms with E-state index >= 15 is 0 Å². The van der Waals surface area contributed by atoms with Crippen LogP contribution in [0.5, 0.6) is 0 Å². The van der Waals surface area contributed by atoms with Crippen molar-refractivity contribution in [1.82, 2.24) is 9.55 Å². The van der Waals surface area contributed by atoms with E-state index in [-0.39, 0.29) is 0 Å². The molecule has 1 heterocycles. The van der Waals surface area contributed by atoms with Gasteiger partial charge in [0.15, 0.2) is 0 Å². The van der Waals surface area contributed by atoms with E-state index in [0.717, 1.165) is 11.4 Å². The Hall–Kier alpha value is -1.81. The molecule has 0 radical (unpaired) electrons. The molecule has 2 aromatic rings. The third-order valence-electron chi connectivity index (χ3n) is 2.51. The van der Waals surface area contributed by atoms with Crippen LogP contribution in [0.15, 0.2) is 36.8 Å². The summed E-state index contributed by atoms with van der Waals surface area (Å²) in [5.41, 5.74) is 8.70. The molecule has 2 N–H and O–H groups in total. The monoisotopic (exact) mass is 216 g/mol. The number of aromatic nitrogens is 2. The average Bonchev–Trinajstić information content (AvgIpc) is 2.77. The minimum atomic E-state index is 0.475. The van der Waals surface area contributed by atoms with E-state index in [1.165, 1.54) is 5.69 Å². The number of benzene rings is 1. The summed E-state index contributed by atoms with van der Waals surface area (Å²) in [6.45, 7) is 0.475. The summed E-state index contributed by atoms with van der Waals surface area (Å²) in [6, 6.07) is 8.30. The molecule has 0 aliphatic rings. The van der Waals surface area contributed by atoms with Crippen LogP contribution in [0.25, 0.3) is 5.69 Å². The second kappa shape index (κ2) is 4.37. The van der Waals surface area contributed by atoms with Crippen molar-refractivity contribution in [1.29, 1.82) is 0 Å². The Kier molecular flexibility index (Phi) is 2.92. The van der Waals surface area contributed by atoms with Crippen molar-refractivity contribution in [2.45, 2.75) is 6.54 Å². The number of imidazole rings is 1. The quantitative estimate of drug-likeness (QED) is 0.843. The van der Waals surface area contributed by atoms with Gasteiger partial charge in [0, 0.05) is 38.2 Å². The van der Waals surface area contributed by atoms with Crippen molar-refractivity contribution in [3.63, 3.8) is 0 Å². The standard InChI is InChI=1S/C12H16N4/c1-15(2)11-3-5-12(6-4-11)16-8-10(7-13)14-9-16/h3-6,8-9H,7,13H2,1-2H3. The Morgan fingerprint density at radius 3 is 2.44 bits per heavy atom. The zero-order valence-electron chi connectivity index (χ0n) is 9.59. The second-order valence-electron chi connectivity index (χ2n) is 3.89. The van der Waals surface area contributed by atoms with Crippen molar-refractivity contribution < 1.29 is 0 Å². The molecule has 0 atom stereocenters. The van der Waals surface area contributed by atoms with Gasteiger partial charge in [0.2, 0.25) is 0 Å². The van der Waals surface area contributed by atoms with Crippen molar-refractivity contribution in [2.24, 2.45) is 5.73 Å². The van der Waals surface area contributed by atoms with Gasteiger partial charge < -0.3 is 15.2 Å². The zero-order valence-corrected chi connectivity index (χ0v) is 9.59. The fourth-order valence-corrected chi connectivity index (χ4v) is 1.53. The van der Waals surface area contributed by atoms with E-state index in [2.05, 4.69) is 34.1 Å². The zero-order chi connectivity index (χ0) is 11.5. The Labute approximate surface area is 95.3 Å². The van der Waals surface area contributed by atoms with Crippen molar-refractivity contribution in [2.75, 3.05) is 19.0 Å². The van der Waals surface area contributed by atoms with Crippen LogP contribution < -0.4 is 10.6 Å². The van der Waals surface area contributed by atoms with Crippen LogP contribution in [0.3, 0.4) is 0 Å². The average molecular weight is 216 g/mol. The summed E-state index contributed by atoms with van der Waals surface area (Å²) in [4.78, 5) is 6.27. The summed E-state index contributed by atoms with van der Waals surface area (Å²) in [7, 11) is 4.05. The molecule has 0 spiro atoms. The highest BCUT2D eigenvalue weighted by atomic mass is 15.1. The Morgan fingerprint density at radius 2 is 1.94 bits per heavy atom. The lowest BCUT2D eigenvalue weighted by molar-refractivity contribution is 1.01. The number of rotatable bonds is 3. The summed E-state index contributed by atoms with van der Waals surface area (Å²) >= 11 is 0. The van der Waals surface area contributed by atoms with Crippen molar-refractivity contribution >= 4 is 5.69 Å². The molecule has 1 aromatic carbocycles. The maximum Gasteiger partial charge on any atom is 0.0995 e. The predicted octanol–water partition coefficient (Wildman–Crippen LogP) is 1.40. The number of nitrogens with two attached hydrogens (primary N) is 1. The molecule has 0 unspecified atom stereocenters. The lowest BCUT2D eigenvalue weighted by Gasteiger charge is -2.12. The lowest BCUT2D eigenvalue weighted by atomic mass is 10.2. The Bertz CT molecular complexity index is 456. The first kappa shape index (κ1) is 10.7. The third-order valence-corrected chi connectivity index (χ3v) is 2.51. The van der Waals surface area contributed by atoms with Crippen LogP contribution in [0, 0.1) is 0 Å². The second-order valence-corrected chi connectivity index (χ2v) is 3.89. The molecule has 2 rings (SSSR count). The molecule has 0 aliphatic carbocycles. The summed E-state index contributed by atoms with van der Waals surface area (Å²) in [5, 5.41) is 0. The maximum atomic E-state index is 5.52. The fourth-order valence-electron chi connectivity index (χ4n) is 1.53. The van der Waals surface area contributed by atoms with Gasteiger partial charge in [-0.25, -0.2) is 4.98 Å². The molecule has 0 saturated heterocycles. The molecule has 0 amide bonds. The van der Waals surface area contributed by atoms with Crippen molar-refractivity contribution in [3.05, 3.63) is 42.5 Å². The summed E-state index contributed by atoms with van der Waals surface area (Å²) in [5.74, 6) is 0. The number of anilines is 1. The van der Waals surface area contributed by atoms with Crippen LogP contribution in [0.4, 0.5) is 5.69 Å². The van der Waals surface area contributed by atoms with E-state index in [0.29, 0.717) is 6.54 Å².